The first-order valence-corrected chi connectivity index (χ1v) is 10.9. The van der Waals surface area contributed by atoms with Crippen molar-refractivity contribution in [3.63, 3.8) is 0 Å². The van der Waals surface area contributed by atoms with Crippen LogP contribution in [0.4, 0.5) is 0 Å². The molecule has 0 radical (unpaired) electrons. The molecule has 0 aliphatic carbocycles. The number of benzene rings is 1. The minimum atomic E-state index is -2.89. The summed E-state index contributed by atoms with van der Waals surface area (Å²) in [6.45, 7) is 2.99. The minimum absolute atomic E-state index is 0.0434. The molecule has 2 fully saturated rings. The van der Waals surface area contributed by atoms with Crippen molar-refractivity contribution in [2.24, 2.45) is 4.99 Å². The second-order valence-electron chi connectivity index (χ2n) is 6.87. The molecule has 2 atom stereocenters. The molecule has 2 N–H and O–H groups in total. The Morgan fingerprint density at radius 2 is 2.00 bits per heavy atom. The Bertz CT molecular complexity index is 684. The van der Waals surface area contributed by atoms with Crippen LogP contribution >= 0.6 is 0 Å². The fourth-order valence-corrected chi connectivity index (χ4v) is 5.35. The van der Waals surface area contributed by atoms with E-state index < -0.39 is 9.84 Å². The lowest BCUT2D eigenvalue weighted by atomic mass is 10.1. The number of likely N-dealkylation sites (tertiary alicyclic amines) is 1. The summed E-state index contributed by atoms with van der Waals surface area (Å²) in [6, 6.07) is 10.8. The van der Waals surface area contributed by atoms with Crippen LogP contribution in [-0.2, 0) is 9.84 Å². The van der Waals surface area contributed by atoms with Crippen LogP contribution in [0.25, 0.3) is 0 Å². The monoisotopic (exact) mass is 364 g/mol. The Balaban J connectivity index is 1.61. The molecule has 2 saturated heterocycles. The largest absolute Gasteiger partial charge is 0.354 e. The van der Waals surface area contributed by atoms with E-state index in [1.54, 1.807) is 7.05 Å². The SMILES string of the molecule is CN=C(NCC(c1ccccc1)N1CCCC1)NC1CCS(=O)(=O)C1. The van der Waals surface area contributed by atoms with E-state index in [4.69, 9.17) is 0 Å². The van der Waals surface area contributed by atoms with Crippen LogP contribution in [0.2, 0.25) is 0 Å². The second-order valence-corrected chi connectivity index (χ2v) is 9.10. The fourth-order valence-electron chi connectivity index (χ4n) is 3.68. The van der Waals surface area contributed by atoms with E-state index in [0.29, 0.717) is 18.4 Å². The fraction of sp³-hybridized carbons (Fsp3) is 0.611. The standard InChI is InChI=1S/C18H28N4O2S/c1-19-18(21-16-9-12-25(23,24)14-16)20-13-17(22-10-5-6-11-22)15-7-3-2-4-8-15/h2-4,7-8,16-17H,5-6,9-14H2,1H3,(H2,19,20,21). The molecule has 0 aromatic heterocycles. The van der Waals surface area contributed by atoms with E-state index in [0.717, 1.165) is 19.6 Å². The van der Waals surface area contributed by atoms with Gasteiger partial charge in [0.1, 0.15) is 0 Å². The number of hydrogen-bond donors (Lipinski definition) is 2. The Morgan fingerprint density at radius 3 is 2.60 bits per heavy atom. The topological polar surface area (TPSA) is 73.8 Å². The Labute approximate surface area is 150 Å². The van der Waals surface area contributed by atoms with Gasteiger partial charge >= 0.3 is 0 Å². The number of aliphatic imine (C=N–C) groups is 1. The summed E-state index contributed by atoms with van der Waals surface area (Å²) < 4.78 is 23.3. The molecule has 2 heterocycles. The van der Waals surface area contributed by atoms with Crippen molar-refractivity contribution in [2.75, 3.05) is 38.2 Å². The second kappa shape index (κ2) is 8.19. The highest BCUT2D eigenvalue weighted by Crippen LogP contribution is 2.24. The number of nitrogens with zero attached hydrogens (tertiary/aromatic N) is 2. The lowest BCUT2D eigenvalue weighted by Gasteiger charge is -2.29. The van der Waals surface area contributed by atoms with E-state index in [1.165, 1.54) is 18.4 Å². The average molecular weight is 365 g/mol. The quantitative estimate of drug-likeness (QED) is 0.606. The normalized spacial score (nSPS) is 25.0. The van der Waals surface area contributed by atoms with Gasteiger partial charge in [-0.15, -0.1) is 0 Å². The van der Waals surface area contributed by atoms with Crippen LogP contribution in [0.1, 0.15) is 30.9 Å². The third kappa shape index (κ3) is 4.95. The third-order valence-electron chi connectivity index (χ3n) is 5.03. The lowest BCUT2D eigenvalue weighted by Crippen LogP contribution is -2.46. The van der Waals surface area contributed by atoms with E-state index >= 15 is 0 Å². The summed E-state index contributed by atoms with van der Waals surface area (Å²) in [7, 11) is -1.16. The van der Waals surface area contributed by atoms with Crippen LogP contribution in [0.5, 0.6) is 0 Å². The van der Waals surface area contributed by atoms with Gasteiger partial charge in [-0.3, -0.25) is 9.89 Å². The summed E-state index contributed by atoms with van der Waals surface area (Å²) in [6.07, 6.45) is 3.14. The van der Waals surface area contributed by atoms with Gasteiger partial charge in [0.05, 0.1) is 17.5 Å². The molecule has 3 rings (SSSR count). The number of guanidine groups is 1. The van der Waals surface area contributed by atoms with Gasteiger partial charge < -0.3 is 10.6 Å². The summed E-state index contributed by atoms with van der Waals surface area (Å²) in [5, 5.41) is 6.66. The van der Waals surface area contributed by atoms with E-state index in [-0.39, 0.29) is 17.5 Å². The van der Waals surface area contributed by atoms with Crippen LogP contribution in [0.15, 0.2) is 35.3 Å². The Hall–Kier alpha value is -1.60. The summed E-state index contributed by atoms with van der Waals surface area (Å²) in [4.78, 5) is 6.78. The van der Waals surface area contributed by atoms with Crippen LogP contribution in [-0.4, -0.2) is 63.5 Å². The van der Waals surface area contributed by atoms with Crippen molar-refractivity contribution in [1.82, 2.24) is 15.5 Å². The van der Waals surface area contributed by atoms with Gasteiger partial charge in [-0.05, 0) is 37.9 Å². The lowest BCUT2D eigenvalue weighted by molar-refractivity contribution is 0.245. The summed E-state index contributed by atoms with van der Waals surface area (Å²) in [5.74, 6) is 1.14. The number of hydrogen-bond acceptors (Lipinski definition) is 4. The van der Waals surface area contributed by atoms with E-state index in [9.17, 15) is 8.42 Å². The minimum Gasteiger partial charge on any atom is -0.354 e. The predicted molar refractivity (Wildman–Crippen MR) is 102 cm³/mol. The zero-order chi connectivity index (χ0) is 17.7. The van der Waals surface area contributed by atoms with Gasteiger partial charge in [-0.2, -0.15) is 0 Å². The highest BCUT2D eigenvalue weighted by molar-refractivity contribution is 7.91. The van der Waals surface area contributed by atoms with Crippen molar-refractivity contribution >= 4 is 15.8 Å². The van der Waals surface area contributed by atoms with E-state index in [2.05, 4.69) is 44.8 Å². The molecule has 0 saturated carbocycles. The summed E-state index contributed by atoms with van der Waals surface area (Å²) >= 11 is 0. The maximum atomic E-state index is 11.6. The molecule has 7 heteroatoms. The first-order valence-electron chi connectivity index (χ1n) is 9.04. The van der Waals surface area contributed by atoms with Crippen molar-refractivity contribution < 1.29 is 8.42 Å². The van der Waals surface area contributed by atoms with Gasteiger partial charge in [0, 0.05) is 19.6 Å². The molecule has 25 heavy (non-hydrogen) atoms. The maximum Gasteiger partial charge on any atom is 0.191 e. The molecule has 1 aromatic carbocycles. The number of rotatable bonds is 5. The average Bonchev–Trinajstić information content (AvgIpc) is 3.25. The molecule has 6 nitrogen and oxygen atoms in total. The zero-order valence-electron chi connectivity index (χ0n) is 14.8. The molecule has 0 amide bonds. The van der Waals surface area contributed by atoms with Gasteiger partial charge in [0.15, 0.2) is 15.8 Å². The molecule has 0 bridgehead atoms. The van der Waals surface area contributed by atoms with Crippen molar-refractivity contribution in [2.45, 2.75) is 31.3 Å². The zero-order valence-corrected chi connectivity index (χ0v) is 15.6. The summed E-state index contributed by atoms with van der Waals surface area (Å²) in [5.41, 5.74) is 1.30. The molecular weight excluding hydrogens is 336 g/mol. The van der Waals surface area contributed by atoms with Crippen LogP contribution < -0.4 is 10.6 Å². The first-order chi connectivity index (χ1) is 12.1. The third-order valence-corrected chi connectivity index (χ3v) is 6.79. The molecule has 138 valence electrons. The molecular formula is C18H28N4O2S. The molecule has 2 aliphatic rings. The van der Waals surface area contributed by atoms with Gasteiger partial charge in [0.2, 0.25) is 0 Å². The van der Waals surface area contributed by atoms with E-state index in [1.807, 2.05) is 6.07 Å². The van der Waals surface area contributed by atoms with Crippen molar-refractivity contribution in [3.8, 4) is 0 Å². The van der Waals surface area contributed by atoms with Gasteiger partial charge in [-0.25, -0.2) is 8.42 Å². The molecule has 2 aliphatic heterocycles. The maximum absolute atomic E-state index is 11.6. The highest BCUT2D eigenvalue weighted by Gasteiger charge is 2.29. The number of sulfone groups is 1. The van der Waals surface area contributed by atoms with Gasteiger partial charge in [0.25, 0.3) is 0 Å². The number of nitrogens with one attached hydrogen (secondary N) is 2. The van der Waals surface area contributed by atoms with Crippen LogP contribution in [0.3, 0.4) is 0 Å². The van der Waals surface area contributed by atoms with Crippen molar-refractivity contribution in [1.29, 1.82) is 0 Å². The smallest absolute Gasteiger partial charge is 0.191 e. The van der Waals surface area contributed by atoms with Gasteiger partial charge in [-0.1, -0.05) is 30.3 Å². The Kier molecular flexibility index (Phi) is 5.96. The molecule has 0 spiro atoms. The van der Waals surface area contributed by atoms with Crippen molar-refractivity contribution in [3.05, 3.63) is 35.9 Å². The Morgan fingerprint density at radius 1 is 1.28 bits per heavy atom. The van der Waals surface area contributed by atoms with Crippen LogP contribution in [0, 0.1) is 0 Å². The molecule has 1 aromatic rings. The first kappa shape index (κ1) is 18.2. The predicted octanol–water partition coefficient (Wildman–Crippen LogP) is 1.18. The molecule has 2 unspecified atom stereocenters. The highest BCUT2D eigenvalue weighted by atomic mass is 32.2.